The highest BCUT2D eigenvalue weighted by molar-refractivity contribution is 5.83. The fraction of sp³-hybridized carbons (Fsp3) is 0.200. The third-order valence-corrected chi connectivity index (χ3v) is 2.91. The molecule has 1 heterocycles. The molecule has 0 aliphatic rings. The molecule has 0 bridgehead atoms. The number of amides is 1. The molecule has 0 aliphatic heterocycles. The Labute approximate surface area is 107 Å². The van der Waals surface area contributed by atoms with Gasteiger partial charge in [-0.15, -0.1) is 0 Å². The summed E-state index contributed by atoms with van der Waals surface area (Å²) in [6, 6.07) is 13.6. The maximum atomic E-state index is 12.0. The SMILES string of the molecule is C[C@@H](C(=O)NCc1ccncc1)c1ccccc1. The van der Waals surface area contributed by atoms with Crippen molar-refractivity contribution in [1.82, 2.24) is 10.3 Å². The highest BCUT2D eigenvalue weighted by Gasteiger charge is 2.13. The van der Waals surface area contributed by atoms with Crippen molar-refractivity contribution in [2.45, 2.75) is 19.4 Å². The highest BCUT2D eigenvalue weighted by Crippen LogP contribution is 2.14. The summed E-state index contributed by atoms with van der Waals surface area (Å²) in [4.78, 5) is 15.9. The van der Waals surface area contributed by atoms with Gasteiger partial charge in [0.15, 0.2) is 0 Å². The first-order chi connectivity index (χ1) is 8.77. The largest absolute Gasteiger partial charge is 0.352 e. The van der Waals surface area contributed by atoms with Gasteiger partial charge in [0, 0.05) is 18.9 Å². The van der Waals surface area contributed by atoms with Gasteiger partial charge in [0.1, 0.15) is 0 Å². The van der Waals surface area contributed by atoms with Gasteiger partial charge in [-0.05, 0) is 30.2 Å². The molecule has 3 heteroatoms. The van der Waals surface area contributed by atoms with E-state index in [0.717, 1.165) is 11.1 Å². The Kier molecular flexibility index (Phi) is 4.07. The molecule has 1 atom stereocenters. The first-order valence-electron chi connectivity index (χ1n) is 5.99. The van der Waals surface area contributed by atoms with Gasteiger partial charge in [-0.1, -0.05) is 30.3 Å². The summed E-state index contributed by atoms with van der Waals surface area (Å²) in [6.45, 7) is 2.45. The fourth-order valence-corrected chi connectivity index (χ4v) is 1.74. The van der Waals surface area contributed by atoms with Gasteiger partial charge >= 0.3 is 0 Å². The molecular formula is C15H16N2O. The maximum Gasteiger partial charge on any atom is 0.227 e. The molecule has 1 amide bonds. The Morgan fingerprint density at radius 3 is 2.50 bits per heavy atom. The summed E-state index contributed by atoms with van der Waals surface area (Å²) in [5, 5.41) is 2.93. The molecule has 2 rings (SSSR count). The smallest absolute Gasteiger partial charge is 0.227 e. The van der Waals surface area contributed by atoms with E-state index in [9.17, 15) is 4.79 Å². The second-order valence-electron chi connectivity index (χ2n) is 4.21. The molecule has 0 aliphatic carbocycles. The lowest BCUT2D eigenvalue weighted by atomic mass is 10.0. The second kappa shape index (κ2) is 5.96. The number of benzene rings is 1. The zero-order valence-electron chi connectivity index (χ0n) is 10.3. The molecular weight excluding hydrogens is 224 g/mol. The van der Waals surface area contributed by atoms with Gasteiger partial charge in [-0.2, -0.15) is 0 Å². The van der Waals surface area contributed by atoms with Crippen LogP contribution in [0.1, 0.15) is 24.0 Å². The van der Waals surface area contributed by atoms with E-state index in [-0.39, 0.29) is 11.8 Å². The van der Waals surface area contributed by atoms with Gasteiger partial charge < -0.3 is 5.32 Å². The van der Waals surface area contributed by atoms with E-state index >= 15 is 0 Å². The molecule has 18 heavy (non-hydrogen) atoms. The Morgan fingerprint density at radius 1 is 1.17 bits per heavy atom. The van der Waals surface area contributed by atoms with Gasteiger partial charge in [0.2, 0.25) is 5.91 Å². The number of nitrogens with zero attached hydrogens (tertiary/aromatic N) is 1. The standard InChI is InChI=1S/C15H16N2O/c1-12(14-5-3-2-4-6-14)15(18)17-11-13-7-9-16-10-8-13/h2-10,12H,11H2,1H3,(H,17,18)/t12-/m1/s1. The molecule has 0 saturated carbocycles. The summed E-state index contributed by atoms with van der Waals surface area (Å²) in [6.07, 6.45) is 3.45. The first kappa shape index (κ1) is 12.3. The number of aromatic nitrogens is 1. The maximum absolute atomic E-state index is 12.0. The molecule has 2 aromatic rings. The van der Waals surface area contributed by atoms with Crippen LogP contribution >= 0.6 is 0 Å². The summed E-state index contributed by atoms with van der Waals surface area (Å²) < 4.78 is 0. The summed E-state index contributed by atoms with van der Waals surface area (Å²) in [5.41, 5.74) is 2.09. The van der Waals surface area contributed by atoms with E-state index < -0.39 is 0 Å². The monoisotopic (exact) mass is 240 g/mol. The van der Waals surface area contributed by atoms with Gasteiger partial charge in [-0.3, -0.25) is 9.78 Å². The van der Waals surface area contributed by atoms with Crippen molar-refractivity contribution < 1.29 is 4.79 Å². The Bertz CT molecular complexity index is 496. The van der Waals surface area contributed by atoms with E-state index in [1.54, 1.807) is 12.4 Å². The predicted molar refractivity (Wildman–Crippen MR) is 70.9 cm³/mol. The van der Waals surface area contributed by atoms with Gasteiger partial charge in [0.25, 0.3) is 0 Å². The minimum Gasteiger partial charge on any atom is -0.352 e. The Morgan fingerprint density at radius 2 is 1.83 bits per heavy atom. The molecule has 0 unspecified atom stereocenters. The van der Waals surface area contributed by atoms with Crippen molar-refractivity contribution >= 4 is 5.91 Å². The molecule has 0 saturated heterocycles. The third kappa shape index (κ3) is 3.17. The van der Waals surface area contributed by atoms with E-state index in [2.05, 4.69) is 10.3 Å². The fourth-order valence-electron chi connectivity index (χ4n) is 1.74. The summed E-state index contributed by atoms with van der Waals surface area (Å²) in [5.74, 6) is -0.0916. The average molecular weight is 240 g/mol. The lowest BCUT2D eigenvalue weighted by Gasteiger charge is -2.12. The van der Waals surface area contributed by atoms with Crippen molar-refractivity contribution in [2.75, 3.05) is 0 Å². The van der Waals surface area contributed by atoms with Crippen LogP contribution in [-0.2, 0) is 11.3 Å². The molecule has 1 aromatic carbocycles. The van der Waals surface area contributed by atoms with E-state index in [0.29, 0.717) is 6.54 Å². The first-order valence-corrected chi connectivity index (χ1v) is 5.99. The number of carbonyl (C=O) groups excluding carboxylic acids is 1. The second-order valence-corrected chi connectivity index (χ2v) is 4.21. The van der Waals surface area contributed by atoms with Gasteiger partial charge in [0.05, 0.1) is 5.92 Å². The molecule has 92 valence electrons. The summed E-state index contributed by atoms with van der Waals surface area (Å²) >= 11 is 0. The van der Waals surface area contributed by atoms with Crippen LogP contribution < -0.4 is 5.32 Å². The Hall–Kier alpha value is -2.16. The number of hydrogen-bond donors (Lipinski definition) is 1. The number of pyridine rings is 1. The number of carbonyl (C=O) groups is 1. The minimum absolute atomic E-state index is 0.0398. The van der Waals surface area contributed by atoms with E-state index in [4.69, 9.17) is 0 Å². The van der Waals surface area contributed by atoms with Crippen LogP contribution in [0.3, 0.4) is 0 Å². The van der Waals surface area contributed by atoms with Crippen LogP contribution in [-0.4, -0.2) is 10.9 Å². The van der Waals surface area contributed by atoms with Crippen LogP contribution in [0.2, 0.25) is 0 Å². The van der Waals surface area contributed by atoms with Crippen LogP contribution in [0.25, 0.3) is 0 Å². The average Bonchev–Trinajstić information content (AvgIpc) is 2.46. The third-order valence-electron chi connectivity index (χ3n) is 2.91. The van der Waals surface area contributed by atoms with E-state index in [1.807, 2.05) is 49.4 Å². The normalized spacial score (nSPS) is 11.8. The van der Waals surface area contributed by atoms with Crippen LogP contribution in [0, 0.1) is 0 Å². The van der Waals surface area contributed by atoms with Crippen LogP contribution in [0.15, 0.2) is 54.9 Å². The lowest BCUT2D eigenvalue weighted by Crippen LogP contribution is -2.27. The topological polar surface area (TPSA) is 42.0 Å². The van der Waals surface area contributed by atoms with Crippen molar-refractivity contribution in [1.29, 1.82) is 0 Å². The molecule has 3 nitrogen and oxygen atoms in total. The van der Waals surface area contributed by atoms with Crippen molar-refractivity contribution in [3.8, 4) is 0 Å². The molecule has 0 fully saturated rings. The van der Waals surface area contributed by atoms with Crippen molar-refractivity contribution in [3.05, 3.63) is 66.0 Å². The Balaban J connectivity index is 1.93. The molecule has 1 aromatic heterocycles. The number of rotatable bonds is 4. The minimum atomic E-state index is -0.131. The molecule has 0 radical (unpaired) electrons. The predicted octanol–water partition coefficient (Wildman–Crippen LogP) is 2.50. The molecule has 0 spiro atoms. The summed E-state index contributed by atoms with van der Waals surface area (Å²) in [7, 11) is 0. The van der Waals surface area contributed by atoms with Gasteiger partial charge in [-0.25, -0.2) is 0 Å². The highest BCUT2D eigenvalue weighted by atomic mass is 16.1. The van der Waals surface area contributed by atoms with Crippen LogP contribution in [0.5, 0.6) is 0 Å². The van der Waals surface area contributed by atoms with E-state index in [1.165, 1.54) is 0 Å². The van der Waals surface area contributed by atoms with Crippen LogP contribution in [0.4, 0.5) is 0 Å². The number of hydrogen-bond acceptors (Lipinski definition) is 2. The van der Waals surface area contributed by atoms with Crippen molar-refractivity contribution in [2.24, 2.45) is 0 Å². The zero-order chi connectivity index (χ0) is 12.8. The lowest BCUT2D eigenvalue weighted by molar-refractivity contribution is -0.122. The quantitative estimate of drug-likeness (QED) is 0.892. The molecule has 1 N–H and O–H groups in total. The van der Waals surface area contributed by atoms with Crippen molar-refractivity contribution in [3.63, 3.8) is 0 Å². The number of nitrogens with one attached hydrogen (secondary N) is 1. The zero-order valence-corrected chi connectivity index (χ0v) is 10.3.